The van der Waals surface area contributed by atoms with Gasteiger partial charge in [-0.25, -0.2) is 8.42 Å². The number of methoxy groups -OCH3 is 1. The van der Waals surface area contributed by atoms with Crippen LogP contribution in [0, 0.1) is 11.3 Å². The van der Waals surface area contributed by atoms with Crippen molar-refractivity contribution in [2.45, 2.75) is 30.3 Å². The second kappa shape index (κ2) is 9.40. The van der Waals surface area contributed by atoms with Crippen LogP contribution >= 0.6 is 11.6 Å². The molecule has 182 valence electrons. The number of pyridine rings is 1. The first kappa shape index (κ1) is 24.8. The van der Waals surface area contributed by atoms with Crippen molar-refractivity contribution in [3.63, 3.8) is 0 Å². The topological polar surface area (TPSA) is 83.3 Å². The van der Waals surface area contributed by atoms with E-state index in [1.54, 1.807) is 18.2 Å². The Kier molecular flexibility index (Phi) is 6.66. The molecule has 2 aromatic carbocycles. The van der Waals surface area contributed by atoms with Crippen molar-refractivity contribution in [3.8, 4) is 22.9 Å². The van der Waals surface area contributed by atoms with Gasteiger partial charge >= 0.3 is 6.18 Å². The van der Waals surface area contributed by atoms with Gasteiger partial charge in [0.1, 0.15) is 16.3 Å². The number of halogens is 4. The number of aryl methyl sites for hydroxylation is 1. The number of alkyl halides is 3. The molecular weight excluding hydrogens is 503 g/mol. The van der Waals surface area contributed by atoms with Crippen LogP contribution in [0.15, 0.2) is 53.6 Å². The van der Waals surface area contributed by atoms with Crippen LogP contribution < -0.4 is 9.04 Å². The van der Waals surface area contributed by atoms with Gasteiger partial charge in [0.05, 0.1) is 29.5 Å². The van der Waals surface area contributed by atoms with Crippen LogP contribution in [0.1, 0.15) is 29.7 Å². The van der Waals surface area contributed by atoms with E-state index < -0.39 is 21.9 Å². The lowest BCUT2D eigenvalue weighted by molar-refractivity contribution is -0.141. The standard InChI is InChI=1S/C24H19ClF3N3O3S/c1-34-21-12-19(25)17(18-14-30-23(24(26,27)28)10-16(18)13-29)11-22(21)35(32,33)31-9-5-4-7-15-6-2-3-8-20(15)31/h2-3,6,8,10-12,14H,4-5,7,9H2,1H3. The molecule has 2 heterocycles. The van der Waals surface area contributed by atoms with Gasteiger partial charge in [0.2, 0.25) is 0 Å². The molecule has 0 amide bonds. The van der Waals surface area contributed by atoms with Crippen LogP contribution in [0.25, 0.3) is 11.1 Å². The fourth-order valence-corrected chi connectivity index (χ4v) is 6.01. The van der Waals surface area contributed by atoms with E-state index in [0.717, 1.165) is 24.6 Å². The minimum atomic E-state index is -4.75. The summed E-state index contributed by atoms with van der Waals surface area (Å²) in [5.41, 5.74) is -0.120. The Morgan fingerprint density at radius 3 is 2.57 bits per heavy atom. The van der Waals surface area contributed by atoms with E-state index in [-0.39, 0.29) is 38.9 Å². The molecule has 0 N–H and O–H groups in total. The maximum atomic E-state index is 13.9. The smallest absolute Gasteiger partial charge is 0.433 e. The summed E-state index contributed by atoms with van der Waals surface area (Å²) in [6.07, 6.45) is -1.70. The van der Waals surface area contributed by atoms with Gasteiger partial charge in [-0.3, -0.25) is 9.29 Å². The van der Waals surface area contributed by atoms with E-state index in [9.17, 15) is 26.9 Å². The second-order valence-corrected chi connectivity index (χ2v) is 10.1. The number of aromatic nitrogens is 1. The maximum Gasteiger partial charge on any atom is 0.433 e. The number of sulfonamides is 1. The third-order valence-electron chi connectivity index (χ3n) is 5.74. The number of anilines is 1. The van der Waals surface area contributed by atoms with Gasteiger partial charge in [-0.15, -0.1) is 0 Å². The minimum absolute atomic E-state index is 0.00451. The molecule has 0 bridgehead atoms. The molecule has 1 aliphatic rings. The Hall–Kier alpha value is -3.29. The number of rotatable bonds is 4. The van der Waals surface area contributed by atoms with E-state index in [1.807, 2.05) is 12.1 Å². The summed E-state index contributed by atoms with van der Waals surface area (Å²) < 4.78 is 73.7. The molecule has 3 aromatic rings. The molecule has 1 aromatic heterocycles. The largest absolute Gasteiger partial charge is 0.495 e. The van der Waals surface area contributed by atoms with Crippen LogP contribution in [-0.4, -0.2) is 27.1 Å². The van der Waals surface area contributed by atoms with Gasteiger partial charge in [0.15, 0.2) is 0 Å². The molecule has 6 nitrogen and oxygen atoms in total. The van der Waals surface area contributed by atoms with Crippen molar-refractivity contribution < 1.29 is 26.3 Å². The lowest BCUT2D eigenvalue weighted by Gasteiger charge is -2.26. The zero-order valence-corrected chi connectivity index (χ0v) is 20.0. The number of fused-ring (bicyclic) bond motifs is 1. The number of para-hydroxylation sites is 1. The summed E-state index contributed by atoms with van der Waals surface area (Å²) >= 11 is 6.37. The third kappa shape index (κ3) is 4.66. The molecule has 11 heteroatoms. The first-order valence-corrected chi connectivity index (χ1v) is 12.4. The van der Waals surface area contributed by atoms with Crippen LogP contribution in [0.2, 0.25) is 5.02 Å². The highest BCUT2D eigenvalue weighted by Gasteiger charge is 2.34. The average Bonchev–Trinajstić information content (AvgIpc) is 3.06. The zero-order valence-electron chi connectivity index (χ0n) is 18.4. The molecule has 0 radical (unpaired) electrons. The second-order valence-electron chi connectivity index (χ2n) is 7.87. The fraction of sp³-hybridized carbons (Fsp3) is 0.250. The van der Waals surface area contributed by atoms with Crippen molar-refractivity contribution >= 4 is 27.3 Å². The highest BCUT2D eigenvalue weighted by atomic mass is 35.5. The fourth-order valence-electron chi connectivity index (χ4n) is 4.05. The van der Waals surface area contributed by atoms with Crippen molar-refractivity contribution in [3.05, 3.63) is 70.5 Å². The van der Waals surface area contributed by atoms with Crippen LogP contribution in [0.5, 0.6) is 5.75 Å². The van der Waals surface area contributed by atoms with Gasteiger partial charge in [-0.1, -0.05) is 29.8 Å². The van der Waals surface area contributed by atoms with E-state index in [4.69, 9.17) is 16.3 Å². The van der Waals surface area contributed by atoms with Crippen molar-refractivity contribution in [1.82, 2.24) is 4.98 Å². The van der Waals surface area contributed by atoms with Gasteiger partial charge in [0, 0.05) is 29.9 Å². The van der Waals surface area contributed by atoms with E-state index >= 15 is 0 Å². The lowest BCUT2D eigenvalue weighted by Crippen LogP contribution is -2.32. The molecule has 0 spiro atoms. The van der Waals surface area contributed by atoms with Crippen LogP contribution in [0.3, 0.4) is 0 Å². The number of hydrogen-bond acceptors (Lipinski definition) is 5. The average molecular weight is 522 g/mol. The van der Waals surface area contributed by atoms with Gasteiger partial charge in [0.25, 0.3) is 10.0 Å². The Balaban J connectivity index is 1.91. The highest BCUT2D eigenvalue weighted by Crippen LogP contribution is 2.41. The lowest BCUT2D eigenvalue weighted by atomic mass is 10.0. The number of ether oxygens (including phenoxy) is 1. The van der Waals surface area contributed by atoms with Gasteiger partial charge in [-0.05, 0) is 43.0 Å². The number of nitrogens with zero attached hydrogens (tertiary/aromatic N) is 3. The summed E-state index contributed by atoms with van der Waals surface area (Å²) in [6.45, 7) is 0.242. The summed E-state index contributed by atoms with van der Waals surface area (Å²) in [4.78, 5) is 3.19. The molecular formula is C24H19ClF3N3O3S. The molecule has 0 saturated carbocycles. The van der Waals surface area contributed by atoms with Gasteiger partial charge < -0.3 is 4.74 Å². The number of nitriles is 1. The molecule has 1 aliphatic heterocycles. The van der Waals surface area contributed by atoms with Crippen molar-refractivity contribution in [2.24, 2.45) is 0 Å². The van der Waals surface area contributed by atoms with Crippen molar-refractivity contribution in [2.75, 3.05) is 18.0 Å². The van der Waals surface area contributed by atoms with Crippen LogP contribution in [-0.2, 0) is 22.6 Å². The van der Waals surface area contributed by atoms with Gasteiger partial charge in [-0.2, -0.15) is 18.4 Å². The maximum absolute atomic E-state index is 13.9. The third-order valence-corrected chi connectivity index (χ3v) is 7.89. The van der Waals surface area contributed by atoms with E-state index in [2.05, 4.69) is 4.98 Å². The molecule has 0 atom stereocenters. The monoisotopic (exact) mass is 521 g/mol. The Morgan fingerprint density at radius 2 is 1.89 bits per heavy atom. The predicted molar refractivity (Wildman–Crippen MR) is 125 cm³/mol. The van der Waals surface area contributed by atoms with E-state index in [0.29, 0.717) is 18.2 Å². The molecule has 4 rings (SSSR count). The summed E-state index contributed by atoms with van der Waals surface area (Å²) in [5.74, 6) is -0.0288. The molecule has 0 fully saturated rings. The Labute approximate surface area is 205 Å². The summed E-state index contributed by atoms with van der Waals surface area (Å²) in [6, 6.07) is 12.0. The highest BCUT2D eigenvalue weighted by molar-refractivity contribution is 7.93. The predicted octanol–water partition coefficient (Wildman–Crippen LogP) is 5.83. The molecule has 0 unspecified atom stereocenters. The normalized spacial score (nSPS) is 14.1. The Morgan fingerprint density at radius 1 is 1.14 bits per heavy atom. The van der Waals surface area contributed by atoms with Crippen molar-refractivity contribution in [1.29, 1.82) is 5.26 Å². The molecule has 0 aliphatic carbocycles. The van der Waals surface area contributed by atoms with E-state index in [1.165, 1.54) is 23.5 Å². The minimum Gasteiger partial charge on any atom is -0.495 e. The summed E-state index contributed by atoms with van der Waals surface area (Å²) in [7, 11) is -2.88. The number of benzene rings is 2. The van der Waals surface area contributed by atoms with Crippen LogP contribution in [0.4, 0.5) is 18.9 Å². The quantitative estimate of drug-likeness (QED) is 0.431. The molecule has 35 heavy (non-hydrogen) atoms. The molecule has 0 saturated heterocycles. The summed E-state index contributed by atoms with van der Waals surface area (Å²) in [5, 5.41) is 9.49. The SMILES string of the molecule is COc1cc(Cl)c(-c2cnc(C(F)(F)F)cc2C#N)cc1S(=O)(=O)N1CCCCc2ccccc21. The Bertz CT molecular complexity index is 1440. The first-order chi connectivity index (χ1) is 16.6. The first-order valence-electron chi connectivity index (χ1n) is 10.5. The zero-order chi connectivity index (χ0) is 25.4. The number of hydrogen-bond donors (Lipinski definition) is 0.